The zero-order valence-corrected chi connectivity index (χ0v) is 20.9. The lowest BCUT2D eigenvalue weighted by Gasteiger charge is -2.33. The molecule has 11 heteroatoms. The maximum Gasteiger partial charge on any atom is 0.244 e. The summed E-state index contributed by atoms with van der Waals surface area (Å²) in [5.74, 6) is -0.971. The molecule has 0 aliphatic carbocycles. The highest BCUT2D eigenvalue weighted by Gasteiger charge is 2.32. The molecule has 0 aliphatic rings. The van der Waals surface area contributed by atoms with Crippen LogP contribution in [0.15, 0.2) is 42.5 Å². The topological polar surface area (TPSA) is 86.8 Å². The van der Waals surface area contributed by atoms with Gasteiger partial charge in [0.05, 0.1) is 22.0 Å². The van der Waals surface area contributed by atoms with Crippen molar-refractivity contribution >= 4 is 62.3 Å². The fourth-order valence-corrected chi connectivity index (χ4v) is 4.67. The van der Waals surface area contributed by atoms with Crippen LogP contribution in [0.2, 0.25) is 15.1 Å². The average Bonchev–Trinajstić information content (AvgIpc) is 2.74. The Hall–Kier alpha value is -2.00. The molecule has 0 saturated carbocycles. The van der Waals surface area contributed by atoms with Gasteiger partial charge in [-0.15, -0.1) is 0 Å². The smallest absolute Gasteiger partial charge is 0.244 e. The minimum atomic E-state index is -3.91. The van der Waals surface area contributed by atoms with Gasteiger partial charge in [-0.05, 0) is 30.2 Å². The van der Waals surface area contributed by atoms with E-state index in [4.69, 9.17) is 34.8 Å². The first-order chi connectivity index (χ1) is 15.0. The SMILES string of the molecule is CCC(C(=O)NC)N(Cc1ccccc1Cl)C(=O)CN(c1cccc(Cl)c1Cl)S(C)(=O)=O. The highest BCUT2D eigenvalue weighted by Crippen LogP contribution is 2.34. The number of hydrogen-bond donors (Lipinski definition) is 1. The number of hydrogen-bond acceptors (Lipinski definition) is 4. The first-order valence-electron chi connectivity index (χ1n) is 9.67. The summed E-state index contributed by atoms with van der Waals surface area (Å²) in [6, 6.07) is 10.6. The van der Waals surface area contributed by atoms with Gasteiger partial charge in [-0.2, -0.15) is 0 Å². The molecule has 2 aromatic rings. The van der Waals surface area contributed by atoms with E-state index < -0.39 is 28.5 Å². The van der Waals surface area contributed by atoms with E-state index in [0.717, 1.165) is 10.6 Å². The van der Waals surface area contributed by atoms with Crippen molar-refractivity contribution in [2.45, 2.75) is 25.9 Å². The molecular formula is C21H24Cl3N3O4S. The Kier molecular flexibility index (Phi) is 9.21. The number of sulfonamides is 1. The zero-order valence-electron chi connectivity index (χ0n) is 17.8. The number of carbonyl (C=O) groups is 2. The summed E-state index contributed by atoms with van der Waals surface area (Å²) in [5.41, 5.74) is 0.692. The molecule has 0 spiro atoms. The van der Waals surface area contributed by atoms with Crippen LogP contribution in [0.3, 0.4) is 0 Å². The molecule has 2 rings (SSSR count). The van der Waals surface area contributed by atoms with Gasteiger partial charge in [0.15, 0.2) is 0 Å². The number of likely N-dealkylation sites (N-methyl/N-ethyl adjacent to an activating group) is 1. The quantitative estimate of drug-likeness (QED) is 0.542. The number of rotatable bonds is 9. The Morgan fingerprint density at radius 2 is 1.66 bits per heavy atom. The Balaban J connectivity index is 2.49. The van der Waals surface area contributed by atoms with Crippen LogP contribution in [-0.4, -0.2) is 51.0 Å². The number of nitrogens with zero attached hydrogens (tertiary/aromatic N) is 2. The lowest BCUT2D eigenvalue weighted by molar-refractivity contribution is -0.140. The van der Waals surface area contributed by atoms with Crippen LogP contribution in [0.1, 0.15) is 18.9 Å². The number of halogens is 3. The monoisotopic (exact) mass is 519 g/mol. The molecule has 0 radical (unpaired) electrons. The number of carbonyl (C=O) groups excluding carboxylic acids is 2. The van der Waals surface area contributed by atoms with Crippen molar-refractivity contribution in [2.24, 2.45) is 0 Å². The summed E-state index contributed by atoms with van der Waals surface area (Å²) in [5, 5.41) is 3.12. The second-order valence-electron chi connectivity index (χ2n) is 6.99. The Morgan fingerprint density at radius 3 is 2.22 bits per heavy atom. The van der Waals surface area contributed by atoms with Crippen molar-refractivity contribution in [3.8, 4) is 0 Å². The third kappa shape index (κ3) is 6.28. The standard InChI is InChI=1S/C21H24Cl3N3O4S/c1-4-17(21(29)25-2)26(12-14-8-5-6-9-15(14)22)19(28)13-27(32(3,30)31)18-11-7-10-16(23)20(18)24/h5-11,17H,4,12-13H2,1-3H3,(H,25,29). The van der Waals surface area contributed by atoms with Crippen molar-refractivity contribution in [3.05, 3.63) is 63.1 Å². The van der Waals surface area contributed by atoms with Gasteiger partial charge < -0.3 is 10.2 Å². The first kappa shape index (κ1) is 26.3. The minimum absolute atomic E-state index is 0.00314. The lowest BCUT2D eigenvalue weighted by atomic mass is 10.1. The van der Waals surface area contributed by atoms with Crippen LogP contribution in [0.5, 0.6) is 0 Å². The number of amides is 2. The van der Waals surface area contributed by atoms with E-state index in [1.807, 2.05) is 0 Å². The molecule has 0 aromatic heterocycles. The van der Waals surface area contributed by atoms with Crippen LogP contribution in [0, 0.1) is 0 Å². The highest BCUT2D eigenvalue weighted by atomic mass is 35.5. The summed E-state index contributed by atoms with van der Waals surface area (Å²) >= 11 is 18.5. The average molecular weight is 521 g/mol. The summed E-state index contributed by atoms with van der Waals surface area (Å²) < 4.78 is 26.0. The molecule has 2 amide bonds. The number of anilines is 1. The van der Waals surface area contributed by atoms with Gasteiger partial charge in [-0.25, -0.2) is 8.42 Å². The van der Waals surface area contributed by atoms with Crippen molar-refractivity contribution in [2.75, 3.05) is 24.2 Å². The number of nitrogens with one attached hydrogen (secondary N) is 1. The van der Waals surface area contributed by atoms with Gasteiger partial charge in [0.2, 0.25) is 21.8 Å². The maximum absolute atomic E-state index is 13.4. The predicted molar refractivity (Wildman–Crippen MR) is 129 cm³/mol. The van der Waals surface area contributed by atoms with E-state index in [1.165, 1.54) is 30.1 Å². The molecule has 1 unspecified atom stereocenters. The van der Waals surface area contributed by atoms with Crippen LogP contribution < -0.4 is 9.62 Å². The van der Waals surface area contributed by atoms with Crippen molar-refractivity contribution in [1.29, 1.82) is 0 Å². The van der Waals surface area contributed by atoms with E-state index in [2.05, 4.69) is 5.32 Å². The summed E-state index contributed by atoms with van der Waals surface area (Å²) in [6.07, 6.45) is 1.28. The molecular weight excluding hydrogens is 497 g/mol. The van der Waals surface area contributed by atoms with E-state index in [0.29, 0.717) is 17.0 Å². The normalized spacial score (nSPS) is 12.2. The Bertz CT molecular complexity index is 1100. The molecule has 1 atom stereocenters. The zero-order chi connectivity index (χ0) is 24.1. The van der Waals surface area contributed by atoms with E-state index in [9.17, 15) is 18.0 Å². The van der Waals surface area contributed by atoms with Crippen molar-refractivity contribution in [1.82, 2.24) is 10.2 Å². The van der Waals surface area contributed by atoms with Crippen molar-refractivity contribution in [3.63, 3.8) is 0 Å². The lowest BCUT2D eigenvalue weighted by Crippen LogP contribution is -2.51. The fraction of sp³-hybridized carbons (Fsp3) is 0.333. The molecule has 0 fully saturated rings. The fourth-order valence-electron chi connectivity index (χ4n) is 3.18. The molecule has 0 saturated heterocycles. The molecule has 32 heavy (non-hydrogen) atoms. The minimum Gasteiger partial charge on any atom is -0.357 e. The highest BCUT2D eigenvalue weighted by molar-refractivity contribution is 7.92. The Morgan fingerprint density at radius 1 is 1.03 bits per heavy atom. The van der Waals surface area contributed by atoms with Crippen LogP contribution >= 0.6 is 34.8 Å². The molecule has 2 aromatic carbocycles. The van der Waals surface area contributed by atoms with E-state index >= 15 is 0 Å². The third-order valence-corrected chi connectivity index (χ3v) is 7.11. The molecule has 0 aliphatic heterocycles. The van der Waals surface area contributed by atoms with Crippen LogP contribution in [0.25, 0.3) is 0 Å². The van der Waals surface area contributed by atoms with E-state index in [-0.39, 0.29) is 28.2 Å². The predicted octanol–water partition coefficient (Wildman–Crippen LogP) is 3.97. The van der Waals surface area contributed by atoms with Gasteiger partial charge >= 0.3 is 0 Å². The van der Waals surface area contributed by atoms with Gasteiger partial charge in [0.1, 0.15) is 12.6 Å². The number of benzene rings is 2. The van der Waals surface area contributed by atoms with E-state index in [1.54, 1.807) is 31.2 Å². The molecule has 0 heterocycles. The third-order valence-electron chi connectivity index (χ3n) is 4.81. The summed E-state index contributed by atoms with van der Waals surface area (Å²) in [4.78, 5) is 27.3. The largest absolute Gasteiger partial charge is 0.357 e. The summed E-state index contributed by atoms with van der Waals surface area (Å²) in [7, 11) is -2.44. The van der Waals surface area contributed by atoms with Gasteiger partial charge in [0.25, 0.3) is 0 Å². The van der Waals surface area contributed by atoms with Gasteiger partial charge in [-0.3, -0.25) is 13.9 Å². The Labute approximate surface area is 203 Å². The molecule has 7 nitrogen and oxygen atoms in total. The van der Waals surface area contributed by atoms with Crippen LogP contribution in [0.4, 0.5) is 5.69 Å². The second kappa shape index (κ2) is 11.2. The molecule has 1 N–H and O–H groups in total. The van der Waals surface area contributed by atoms with Gasteiger partial charge in [-0.1, -0.05) is 66.0 Å². The van der Waals surface area contributed by atoms with Crippen LogP contribution in [-0.2, 0) is 26.2 Å². The van der Waals surface area contributed by atoms with Crippen molar-refractivity contribution < 1.29 is 18.0 Å². The molecule has 0 bridgehead atoms. The molecule has 174 valence electrons. The second-order valence-corrected chi connectivity index (χ2v) is 10.1. The summed E-state index contributed by atoms with van der Waals surface area (Å²) in [6.45, 7) is 1.21. The van der Waals surface area contributed by atoms with Gasteiger partial charge in [0, 0.05) is 18.6 Å². The first-order valence-corrected chi connectivity index (χ1v) is 12.7. The maximum atomic E-state index is 13.4.